The van der Waals surface area contributed by atoms with E-state index in [1.54, 1.807) is 55.4 Å². The molecule has 1 unspecified atom stereocenters. The largest absolute Gasteiger partial charge is 0.411 e. The van der Waals surface area contributed by atoms with Crippen LogP contribution in [0.5, 0.6) is 0 Å². The zero-order chi connectivity index (χ0) is 19.2. The molecule has 1 aromatic heterocycles. The Balaban J connectivity index is 0.00000364. The number of likely N-dealkylation sites (N-methyl/N-ethyl adjacent to an activating group) is 1. The smallest absolute Gasteiger partial charge is 0.367 e. The van der Waals surface area contributed by atoms with Gasteiger partial charge < -0.3 is 15.4 Å². The lowest BCUT2D eigenvalue weighted by Gasteiger charge is -2.14. The molecular formula is C17H22ClF3N4O2. The number of hydrogen-bond acceptors (Lipinski definition) is 4. The van der Waals surface area contributed by atoms with Crippen molar-refractivity contribution in [1.29, 1.82) is 0 Å². The lowest BCUT2D eigenvalue weighted by Crippen LogP contribution is -2.35. The van der Waals surface area contributed by atoms with Crippen molar-refractivity contribution in [2.24, 2.45) is 7.05 Å². The van der Waals surface area contributed by atoms with Crippen LogP contribution in [0.2, 0.25) is 0 Å². The number of aromatic nitrogens is 2. The summed E-state index contributed by atoms with van der Waals surface area (Å²) in [6, 6.07) is 6.32. The third-order valence-corrected chi connectivity index (χ3v) is 3.63. The van der Waals surface area contributed by atoms with Crippen LogP contribution in [0.4, 0.5) is 13.2 Å². The molecule has 0 bridgehead atoms. The fraction of sp³-hybridized carbons (Fsp3) is 0.412. The van der Waals surface area contributed by atoms with E-state index in [9.17, 15) is 18.0 Å². The van der Waals surface area contributed by atoms with Gasteiger partial charge in [-0.2, -0.15) is 18.3 Å². The van der Waals surface area contributed by atoms with Gasteiger partial charge in [-0.1, -0.05) is 24.3 Å². The van der Waals surface area contributed by atoms with Crippen molar-refractivity contribution in [1.82, 2.24) is 20.4 Å². The number of amides is 1. The minimum atomic E-state index is -4.33. The molecule has 2 N–H and O–H groups in total. The van der Waals surface area contributed by atoms with E-state index in [2.05, 4.69) is 20.5 Å². The first-order valence-electron chi connectivity index (χ1n) is 7.94. The summed E-state index contributed by atoms with van der Waals surface area (Å²) in [7, 11) is 3.46. The molecule has 1 atom stereocenters. The number of alkyl halides is 3. The Morgan fingerprint density at radius 3 is 2.41 bits per heavy atom. The van der Waals surface area contributed by atoms with Gasteiger partial charge in [0.05, 0.1) is 12.8 Å². The Hall–Kier alpha value is -2.10. The first-order valence-corrected chi connectivity index (χ1v) is 7.94. The highest BCUT2D eigenvalue weighted by atomic mass is 35.5. The summed E-state index contributed by atoms with van der Waals surface area (Å²) in [6.07, 6.45) is -0.949. The molecule has 0 saturated heterocycles. The highest BCUT2D eigenvalue weighted by Gasteiger charge is 2.27. The zero-order valence-corrected chi connectivity index (χ0v) is 15.7. The number of aryl methyl sites for hydroxylation is 1. The third-order valence-electron chi connectivity index (χ3n) is 3.63. The van der Waals surface area contributed by atoms with Crippen molar-refractivity contribution in [3.05, 3.63) is 53.3 Å². The molecule has 1 aromatic carbocycles. The van der Waals surface area contributed by atoms with Crippen LogP contribution in [0, 0.1) is 0 Å². The molecule has 0 fully saturated rings. The lowest BCUT2D eigenvalue weighted by atomic mass is 10.1. The number of benzene rings is 1. The number of carbonyl (C=O) groups excluding carboxylic acids is 1. The Labute approximate surface area is 161 Å². The molecule has 2 rings (SSSR count). The number of halogens is 4. The summed E-state index contributed by atoms with van der Waals surface area (Å²) in [5.41, 5.74) is 2.22. The molecular weight excluding hydrogens is 385 g/mol. The Morgan fingerprint density at radius 2 is 1.89 bits per heavy atom. The topological polar surface area (TPSA) is 68.2 Å². The van der Waals surface area contributed by atoms with Gasteiger partial charge in [-0.05, 0) is 18.2 Å². The molecule has 2 aromatic rings. The molecule has 150 valence electrons. The average Bonchev–Trinajstić information content (AvgIpc) is 3.00. The monoisotopic (exact) mass is 406 g/mol. The van der Waals surface area contributed by atoms with E-state index in [1.807, 2.05) is 0 Å². The third kappa shape index (κ3) is 7.58. The van der Waals surface area contributed by atoms with Crippen molar-refractivity contribution in [2.75, 3.05) is 13.7 Å². The first kappa shape index (κ1) is 22.9. The first-order chi connectivity index (χ1) is 12.3. The van der Waals surface area contributed by atoms with Crippen LogP contribution in [0.15, 0.2) is 36.7 Å². The van der Waals surface area contributed by atoms with Gasteiger partial charge in [-0.15, -0.1) is 12.4 Å². The number of nitrogens with one attached hydrogen (secondary N) is 2. The van der Waals surface area contributed by atoms with Crippen molar-refractivity contribution in [3.63, 3.8) is 0 Å². The molecule has 1 heterocycles. The molecule has 0 aliphatic carbocycles. The van der Waals surface area contributed by atoms with Gasteiger partial charge in [0, 0.05) is 25.4 Å². The van der Waals surface area contributed by atoms with Gasteiger partial charge in [0.2, 0.25) is 5.91 Å². The molecule has 6 nitrogen and oxygen atoms in total. The fourth-order valence-corrected chi connectivity index (χ4v) is 2.37. The zero-order valence-electron chi connectivity index (χ0n) is 14.9. The summed E-state index contributed by atoms with van der Waals surface area (Å²) < 4.78 is 42.4. The number of rotatable bonds is 8. The Morgan fingerprint density at radius 1 is 1.26 bits per heavy atom. The summed E-state index contributed by atoms with van der Waals surface area (Å²) in [5, 5.41) is 9.81. The molecule has 0 radical (unpaired) electrons. The second-order valence-electron chi connectivity index (χ2n) is 5.81. The number of nitrogens with zero attached hydrogens (tertiary/aromatic N) is 2. The van der Waals surface area contributed by atoms with E-state index in [0.29, 0.717) is 12.1 Å². The van der Waals surface area contributed by atoms with Crippen LogP contribution < -0.4 is 10.6 Å². The number of hydrogen-bond donors (Lipinski definition) is 2. The van der Waals surface area contributed by atoms with Gasteiger partial charge in [0.15, 0.2) is 0 Å². The number of carbonyl (C=O) groups is 1. The average molecular weight is 407 g/mol. The van der Waals surface area contributed by atoms with Gasteiger partial charge in [-0.25, -0.2) is 0 Å². The SMILES string of the molecule is CNC(C(=O)NCc1ccc(COCC(F)(F)F)cc1)c1cnn(C)c1.Cl. The minimum Gasteiger partial charge on any atom is -0.367 e. The fourth-order valence-electron chi connectivity index (χ4n) is 2.37. The molecule has 1 amide bonds. The minimum absolute atomic E-state index is 0. The standard InChI is InChI=1S/C17H21F3N4O2.ClH/c1-21-15(14-8-23-24(2)9-14)16(25)22-7-12-3-5-13(6-4-12)10-26-11-17(18,19)20;/h3-6,8-9,15,21H,7,10-11H2,1-2H3,(H,22,25);1H. The number of ether oxygens (including phenoxy) is 1. The van der Waals surface area contributed by atoms with Crippen LogP contribution in [0.1, 0.15) is 22.7 Å². The van der Waals surface area contributed by atoms with Gasteiger partial charge in [0.25, 0.3) is 0 Å². The molecule has 0 spiro atoms. The summed E-state index contributed by atoms with van der Waals surface area (Å²) in [6.45, 7) is -1.08. The van der Waals surface area contributed by atoms with Crippen molar-refractivity contribution >= 4 is 18.3 Å². The summed E-state index contributed by atoms with van der Waals surface area (Å²) in [5.74, 6) is -0.196. The maximum atomic E-state index is 12.3. The van der Waals surface area contributed by atoms with Crippen LogP contribution in [0.3, 0.4) is 0 Å². The van der Waals surface area contributed by atoms with Gasteiger partial charge >= 0.3 is 6.18 Å². The normalized spacial score (nSPS) is 12.3. The Bertz CT molecular complexity index is 720. The van der Waals surface area contributed by atoms with Crippen LogP contribution in [-0.2, 0) is 29.7 Å². The molecule has 0 aliphatic rings. The lowest BCUT2D eigenvalue weighted by molar-refractivity contribution is -0.176. The molecule has 0 aliphatic heterocycles. The maximum Gasteiger partial charge on any atom is 0.411 e. The second kappa shape index (κ2) is 10.3. The second-order valence-corrected chi connectivity index (χ2v) is 5.81. The predicted molar refractivity (Wildman–Crippen MR) is 96.3 cm³/mol. The van der Waals surface area contributed by atoms with Crippen LogP contribution in [0.25, 0.3) is 0 Å². The van der Waals surface area contributed by atoms with E-state index >= 15 is 0 Å². The molecule has 10 heteroatoms. The van der Waals surface area contributed by atoms with Crippen molar-refractivity contribution < 1.29 is 22.7 Å². The summed E-state index contributed by atoms with van der Waals surface area (Å²) >= 11 is 0. The van der Waals surface area contributed by atoms with Crippen molar-refractivity contribution in [2.45, 2.75) is 25.4 Å². The molecule has 27 heavy (non-hydrogen) atoms. The summed E-state index contributed by atoms with van der Waals surface area (Å²) in [4.78, 5) is 12.3. The van der Waals surface area contributed by atoms with Gasteiger partial charge in [-0.3, -0.25) is 9.48 Å². The van der Waals surface area contributed by atoms with Crippen LogP contribution >= 0.6 is 12.4 Å². The van der Waals surface area contributed by atoms with E-state index in [4.69, 9.17) is 0 Å². The predicted octanol–water partition coefficient (Wildman–Crippen LogP) is 2.50. The van der Waals surface area contributed by atoms with E-state index < -0.39 is 18.8 Å². The van der Waals surface area contributed by atoms with Gasteiger partial charge in [0.1, 0.15) is 12.6 Å². The van der Waals surface area contributed by atoms with Crippen LogP contribution in [-0.4, -0.2) is 35.5 Å². The highest BCUT2D eigenvalue weighted by molar-refractivity contribution is 5.85. The van der Waals surface area contributed by atoms with E-state index in [1.165, 1.54) is 0 Å². The quantitative estimate of drug-likeness (QED) is 0.706. The molecule has 0 saturated carbocycles. The van der Waals surface area contributed by atoms with Crippen molar-refractivity contribution in [3.8, 4) is 0 Å². The maximum absolute atomic E-state index is 12.3. The van der Waals surface area contributed by atoms with E-state index in [0.717, 1.165) is 11.1 Å². The Kier molecular flexibility index (Phi) is 8.74. The highest BCUT2D eigenvalue weighted by Crippen LogP contribution is 2.16. The van der Waals surface area contributed by atoms with E-state index in [-0.39, 0.29) is 24.9 Å².